The molecule has 1 aliphatic heterocycles. The Labute approximate surface area is 113 Å². The molecule has 2 aromatic rings. The van der Waals surface area contributed by atoms with Crippen molar-refractivity contribution in [3.05, 3.63) is 36.4 Å². The summed E-state index contributed by atoms with van der Waals surface area (Å²) >= 11 is 0. The number of hydrogen-bond acceptors (Lipinski definition) is 3. The van der Waals surface area contributed by atoms with E-state index in [0.29, 0.717) is 11.8 Å². The Hall–Kier alpha value is -1.74. The van der Waals surface area contributed by atoms with E-state index >= 15 is 0 Å². The highest BCUT2D eigenvalue weighted by Crippen LogP contribution is 2.30. The van der Waals surface area contributed by atoms with E-state index in [4.69, 9.17) is 4.74 Å². The fourth-order valence-electron chi connectivity index (χ4n) is 2.69. The fraction of sp³-hybridized carbons (Fsp3) is 0.375. The Morgan fingerprint density at radius 1 is 1.00 bits per heavy atom. The summed E-state index contributed by atoms with van der Waals surface area (Å²) in [6.45, 7) is 1.70. The van der Waals surface area contributed by atoms with Gasteiger partial charge in [-0.15, -0.1) is 0 Å². The van der Waals surface area contributed by atoms with Gasteiger partial charge >= 0.3 is 0 Å². The van der Waals surface area contributed by atoms with Crippen LogP contribution in [-0.2, 0) is 4.74 Å². The third-order valence-corrected chi connectivity index (χ3v) is 3.71. The van der Waals surface area contributed by atoms with E-state index in [1.807, 2.05) is 24.3 Å². The lowest BCUT2D eigenvalue weighted by molar-refractivity contribution is 0.144. The third kappa shape index (κ3) is 2.66. The van der Waals surface area contributed by atoms with Crippen LogP contribution in [0, 0.1) is 0 Å². The lowest BCUT2D eigenvalue weighted by Crippen LogP contribution is -2.19. The van der Waals surface area contributed by atoms with Gasteiger partial charge in [-0.3, -0.25) is 0 Å². The van der Waals surface area contributed by atoms with Crippen LogP contribution in [0.2, 0.25) is 0 Å². The number of rotatable bonds is 2. The van der Waals surface area contributed by atoms with Crippen molar-refractivity contribution in [2.75, 3.05) is 18.5 Å². The number of aromatic hydroxyl groups is 1. The molecule has 0 spiro atoms. The van der Waals surface area contributed by atoms with E-state index in [1.54, 1.807) is 6.07 Å². The van der Waals surface area contributed by atoms with Crippen molar-refractivity contribution in [1.29, 1.82) is 0 Å². The molecular weight excluding hydrogens is 238 g/mol. The first-order valence-corrected chi connectivity index (χ1v) is 6.89. The van der Waals surface area contributed by atoms with Crippen molar-refractivity contribution in [2.24, 2.45) is 0 Å². The molecule has 0 aliphatic carbocycles. The van der Waals surface area contributed by atoms with Crippen LogP contribution in [0.25, 0.3) is 10.8 Å². The molecule has 0 aromatic heterocycles. The second kappa shape index (κ2) is 5.49. The minimum absolute atomic E-state index is 0.338. The molecule has 19 heavy (non-hydrogen) atoms. The summed E-state index contributed by atoms with van der Waals surface area (Å²) in [4.78, 5) is 0. The van der Waals surface area contributed by atoms with Crippen LogP contribution < -0.4 is 5.32 Å². The summed E-state index contributed by atoms with van der Waals surface area (Å²) in [5.74, 6) is 0.338. The first-order valence-electron chi connectivity index (χ1n) is 6.89. The maximum Gasteiger partial charge on any atom is 0.123 e. The number of nitrogens with one attached hydrogen (secondary N) is 1. The molecule has 1 fully saturated rings. The van der Waals surface area contributed by atoms with Gasteiger partial charge in [-0.1, -0.05) is 24.3 Å². The van der Waals surface area contributed by atoms with Gasteiger partial charge in [-0.2, -0.15) is 0 Å². The maximum absolute atomic E-state index is 9.90. The molecule has 3 heteroatoms. The smallest absolute Gasteiger partial charge is 0.123 e. The Morgan fingerprint density at radius 3 is 2.79 bits per heavy atom. The van der Waals surface area contributed by atoms with Gasteiger partial charge in [-0.25, -0.2) is 0 Å². The lowest BCUT2D eigenvalue weighted by Gasteiger charge is -2.18. The van der Waals surface area contributed by atoms with E-state index in [0.717, 1.165) is 48.9 Å². The number of phenols is 1. The van der Waals surface area contributed by atoms with Crippen molar-refractivity contribution >= 4 is 16.5 Å². The Kier molecular flexibility index (Phi) is 3.56. The van der Waals surface area contributed by atoms with E-state index in [1.165, 1.54) is 0 Å². The van der Waals surface area contributed by atoms with Crippen LogP contribution in [0.5, 0.6) is 5.75 Å². The second-order valence-electron chi connectivity index (χ2n) is 5.06. The van der Waals surface area contributed by atoms with E-state index in [9.17, 15) is 5.11 Å². The molecule has 2 N–H and O–H groups in total. The average molecular weight is 257 g/mol. The largest absolute Gasteiger partial charge is 0.507 e. The highest BCUT2D eigenvalue weighted by atomic mass is 16.5. The van der Waals surface area contributed by atoms with Crippen molar-refractivity contribution in [3.63, 3.8) is 0 Å². The molecular formula is C16H19NO2. The molecule has 3 nitrogen and oxygen atoms in total. The predicted molar refractivity (Wildman–Crippen MR) is 77.7 cm³/mol. The summed E-state index contributed by atoms with van der Waals surface area (Å²) in [6.07, 6.45) is 3.28. The topological polar surface area (TPSA) is 41.5 Å². The molecule has 0 radical (unpaired) electrons. The molecule has 1 atom stereocenters. The first kappa shape index (κ1) is 12.3. The monoisotopic (exact) mass is 257 g/mol. The molecule has 100 valence electrons. The fourth-order valence-corrected chi connectivity index (χ4v) is 2.69. The van der Waals surface area contributed by atoms with Crippen LogP contribution in [0.1, 0.15) is 19.3 Å². The highest BCUT2D eigenvalue weighted by Gasteiger charge is 2.13. The van der Waals surface area contributed by atoms with Crippen molar-refractivity contribution in [1.82, 2.24) is 0 Å². The van der Waals surface area contributed by atoms with E-state index in [2.05, 4.69) is 11.4 Å². The molecule has 1 aliphatic rings. The zero-order valence-electron chi connectivity index (χ0n) is 10.9. The Bertz CT molecular complexity index is 560. The van der Waals surface area contributed by atoms with Crippen LogP contribution in [-0.4, -0.2) is 24.4 Å². The molecule has 0 saturated carbocycles. The molecule has 1 unspecified atom stereocenters. The molecule has 3 rings (SSSR count). The van der Waals surface area contributed by atoms with Gasteiger partial charge in [0.15, 0.2) is 0 Å². The van der Waals surface area contributed by atoms with Crippen LogP contribution in [0.3, 0.4) is 0 Å². The number of ether oxygens (including phenoxy) is 1. The van der Waals surface area contributed by atoms with Gasteiger partial charge in [0.1, 0.15) is 5.75 Å². The zero-order valence-corrected chi connectivity index (χ0v) is 10.9. The minimum atomic E-state index is 0.338. The first-order chi connectivity index (χ1) is 9.34. The van der Waals surface area contributed by atoms with Crippen LogP contribution in [0.4, 0.5) is 5.69 Å². The highest BCUT2D eigenvalue weighted by molar-refractivity contribution is 5.97. The van der Waals surface area contributed by atoms with Gasteiger partial charge in [0.2, 0.25) is 0 Å². The summed E-state index contributed by atoms with van der Waals surface area (Å²) in [5, 5.41) is 15.5. The SMILES string of the molecule is Oc1cccc2c(NC3CCCOCC3)cccc12. The summed E-state index contributed by atoms with van der Waals surface area (Å²) in [5.41, 5.74) is 1.10. The average Bonchev–Trinajstić information content (AvgIpc) is 2.69. The van der Waals surface area contributed by atoms with E-state index < -0.39 is 0 Å². The number of fused-ring (bicyclic) bond motifs is 1. The quantitative estimate of drug-likeness (QED) is 0.864. The van der Waals surface area contributed by atoms with Gasteiger partial charge < -0.3 is 15.2 Å². The van der Waals surface area contributed by atoms with E-state index in [-0.39, 0.29) is 0 Å². The number of phenolic OH excluding ortho intramolecular Hbond substituents is 1. The van der Waals surface area contributed by atoms with Gasteiger partial charge in [-0.05, 0) is 31.4 Å². The van der Waals surface area contributed by atoms with Crippen LogP contribution in [0.15, 0.2) is 36.4 Å². The number of benzene rings is 2. The third-order valence-electron chi connectivity index (χ3n) is 3.71. The van der Waals surface area contributed by atoms with Gasteiger partial charge in [0.25, 0.3) is 0 Å². The van der Waals surface area contributed by atoms with Crippen molar-refractivity contribution in [3.8, 4) is 5.75 Å². The van der Waals surface area contributed by atoms with Gasteiger partial charge in [0.05, 0.1) is 0 Å². The number of hydrogen-bond donors (Lipinski definition) is 2. The molecule has 0 bridgehead atoms. The van der Waals surface area contributed by atoms with Crippen LogP contribution >= 0.6 is 0 Å². The second-order valence-corrected chi connectivity index (χ2v) is 5.06. The molecule has 0 amide bonds. The Balaban J connectivity index is 1.90. The van der Waals surface area contributed by atoms with Crippen molar-refractivity contribution < 1.29 is 9.84 Å². The maximum atomic E-state index is 9.90. The predicted octanol–water partition coefficient (Wildman–Crippen LogP) is 3.53. The van der Waals surface area contributed by atoms with Gasteiger partial charge in [0, 0.05) is 35.7 Å². The summed E-state index contributed by atoms with van der Waals surface area (Å²) in [6, 6.07) is 12.1. The standard InChI is InChI=1S/C16H19NO2/c18-16-8-2-5-13-14(16)6-1-7-15(13)17-12-4-3-10-19-11-9-12/h1-2,5-8,12,17-18H,3-4,9-11H2. The van der Waals surface area contributed by atoms with Crippen molar-refractivity contribution in [2.45, 2.75) is 25.3 Å². The molecule has 2 aromatic carbocycles. The minimum Gasteiger partial charge on any atom is -0.507 e. The molecule has 1 saturated heterocycles. The summed E-state index contributed by atoms with van der Waals surface area (Å²) < 4.78 is 5.49. The lowest BCUT2D eigenvalue weighted by atomic mass is 10.1. The summed E-state index contributed by atoms with van der Waals surface area (Å²) in [7, 11) is 0. The Morgan fingerprint density at radius 2 is 1.84 bits per heavy atom. The molecule has 1 heterocycles. The number of anilines is 1. The normalized spacial score (nSPS) is 20.1. The zero-order chi connectivity index (χ0) is 13.1.